The zero-order chi connectivity index (χ0) is 19.7. The molecule has 6 nitrogen and oxygen atoms in total. The van der Waals surface area contributed by atoms with Gasteiger partial charge in [-0.2, -0.15) is 5.10 Å². The van der Waals surface area contributed by atoms with Gasteiger partial charge in [-0.3, -0.25) is 4.79 Å². The summed E-state index contributed by atoms with van der Waals surface area (Å²) in [6, 6.07) is 9.73. The van der Waals surface area contributed by atoms with Gasteiger partial charge in [-0.25, -0.2) is 9.48 Å². The molecule has 27 heavy (non-hydrogen) atoms. The molecule has 1 aromatic carbocycles. The Morgan fingerprint density at radius 1 is 1.11 bits per heavy atom. The fraction of sp³-hybridized carbons (Fsp3) is 0.286. The molecule has 2 heterocycles. The lowest BCUT2D eigenvalue weighted by Gasteiger charge is -2.07. The molecular weight excluding hydrogens is 342 g/mol. The van der Waals surface area contributed by atoms with Crippen molar-refractivity contribution in [1.29, 1.82) is 0 Å². The summed E-state index contributed by atoms with van der Waals surface area (Å²) in [6.45, 7) is 9.13. The maximum atomic E-state index is 12.4. The Morgan fingerprint density at radius 2 is 1.78 bits per heavy atom. The molecule has 0 aliphatic rings. The molecule has 1 N–H and O–H groups in total. The highest BCUT2D eigenvalue weighted by Crippen LogP contribution is 2.20. The van der Waals surface area contributed by atoms with Gasteiger partial charge < -0.3 is 9.72 Å². The fourth-order valence-corrected chi connectivity index (χ4v) is 3.33. The van der Waals surface area contributed by atoms with Gasteiger partial charge in [0.25, 0.3) is 0 Å². The van der Waals surface area contributed by atoms with Gasteiger partial charge in [0.05, 0.1) is 11.4 Å². The third kappa shape index (κ3) is 3.69. The molecule has 0 bridgehead atoms. The van der Waals surface area contributed by atoms with Crippen LogP contribution in [0.3, 0.4) is 0 Å². The zero-order valence-electron chi connectivity index (χ0n) is 16.2. The molecule has 0 aliphatic heterocycles. The number of H-pyrrole nitrogens is 1. The number of nitrogens with zero attached hydrogens (tertiary/aromatic N) is 2. The Kier molecular flexibility index (Phi) is 4.99. The normalized spacial score (nSPS) is 10.9. The quantitative estimate of drug-likeness (QED) is 0.548. The lowest BCUT2D eigenvalue weighted by molar-refractivity contribution is 0.0465. The molecule has 0 aliphatic carbocycles. The Bertz CT molecular complexity index is 1010. The molecule has 0 saturated carbocycles. The number of rotatable bonds is 5. The highest BCUT2D eigenvalue weighted by molar-refractivity contribution is 6.01. The predicted octanol–water partition coefficient (Wildman–Crippen LogP) is 3.99. The minimum atomic E-state index is -0.467. The molecule has 3 rings (SSSR count). The van der Waals surface area contributed by atoms with Crippen LogP contribution in [0, 0.1) is 27.7 Å². The van der Waals surface area contributed by atoms with Gasteiger partial charge in [-0.1, -0.05) is 12.1 Å². The Labute approximate surface area is 158 Å². The summed E-state index contributed by atoms with van der Waals surface area (Å²) < 4.78 is 7.29. The molecule has 0 saturated heterocycles. The molecule has 6 heteroatoms. The molecular formula is C21H23N3O3. The van der Waals surface area contributed by atoms with Crippen LogP contribution in [0.4, 0.5) is 0 Å². The van der Waals surface area contributed by atoms with E-state index in [2.05, 4.69) is 10.1 Å². The number of aromatic nitrogens is 3. The van der Waals surface area contributed by atoms with Crippen molar-refractivity contribution in [1.82, 2.24) is 14.8 Å². The van der Waals surface area contributed by atoms with E-state index in [4.69, 9.17) is 4.74 Å². The van der Waals surface area contributed by atoms with Crippen LogP contribution in [0.25, 0.3) is 5.69 Å². The van der Waals surface area contributed by atoms with E-state index in [1.807, 2.05) is 48.9 Å². The maximum Gasteiger partial charge on any atom is 0.355 e. The van der Waals surface area contributed by atoms with Gasteiger partial charge in [0.1, 0.15) is 12.3 Å². The van der Waals surface area contributed by atoms with Gasteiger partial charge in [-0.05, 0) is 63.9 Å². The van der Waals surface area contributed by atoms with Crippen LogP contribution in [0.1, 0.15) is 56.0 Å². The SMILES string of the molecule is CC(=O)c1c(C)[nH]c(C(=O)OCc2ccc(-n3nc(C)cc3C)cc2)c1C. The number of carbonyl (C=O) groups is 2. The highest BCUT2D eigenvalue weighted by atomic mass is 16.5. The van der Waals surface area contributed by atoms with Gasteiger partial charge in [0, 0.05) is 17.0 Å². The molecule has 0 radical (unpaired) electrons. The summed E-state index contributed by atoms with van der Waals surface area (Å²) in [4.78, 5) is 27.0. The molecule has 0 spiro atoms. The van der Waals surface area contributed by atoms with E-state index in [9.17, 15) is 9.59 Å². The fourth-order valence-electron chi connectivity index (χ4n) is 3.33. The summed E-state index contributed by atoms with van der Waals surface area (Å²) in [7, 11) is 0. The van der Waals surface area contributed by atoms with Crippen molar-refractivity contribution in [3.8, 4) is 5.69 Å². The van der Waals surface area contributed by atoms with Crippen molar-refractivity contribution in [3.05, 3.63) is 69.8 Å². The first-order valence-corrected chi connectivity index (χ1v) is 8.77. The third-order valence-electron chi connectivity index (χ3n) is 4.55. The second-order valence-electron chi connectivity index (χ2n) is 6.76. The number of nitrogens with one attached hydrogen (secondary N) is 1. The van der Waals surface area contributed by atoms with Crippen LogP contribution < -0.4 is 0 Å². The second kappa shape index (κ2) is 7.23. The second-order valence-corrected chi connectivity index (χ2v) is 6.76. The number of carbonyl (C=O) groups excluding carboxylic acids is 2. The summed E-state index contributed by atoms with van der Waals surface area (Å²) in [5, 5.41) is 4.46. The van der Waals surface area contributed by atoms with E-state index in [0.29, 0.717) is 22.5 Å². The van der Waals surface area contributed by atoms with Crippen LogP contribution in [0.2, 0.25) is 0 Å². The predicted molar refractivity (Wildman–Crippen MR) is 102 cm³/mol. The lowest BCUT2D eigenvalue weighted by atomic mass is 10.1. The summed E-state index contributed by atoms with van der Waals surface area (Å²) in [6.07, 6.45) is 0. The van der Waals surface area contributed by atoms with Crippen molar-refractivity contribution in [2.24, 2.45) is 0 Å². The van der Waals surface area contributed by atoms with E-state index in [-0.39, 0.29) is 12.4 Å². The largest absolute Gasteiger partial charge is 0.456 e. The lowest BCUT2D eigenvalue weighted by Crippen LogP contribution is -2.08. The first-order chi connectivity index (χ1) is 12.8. The van der Waals surface area contributed by atoms with E-state index in [1.165, 1.54) is 6.92 Å². The molecule has 0 fully saturated rings. The van der Waals surface area contributed by atoms with Crippen molar-refractivity contribution in [2.45, 2.75) is 41.2 Å². The smallest absolute Gasteiger partial charge is 0.355 e. The molecule has 2 aromatic heterocycles. The highest BCUT2D eigenvalue weighted by Gasteiger charge is 2.20. The first-order valence-electron chi connectivity index (χ1n) is 8.77. The van der Waals surface area contributed by atoms with Crippen molar-refractivity contribution in [2.75, 3.05) is 0 Å². The monoisotopic (exact) mass is 365 g/mol. The minimum absolute atomic E-state index is 0.0694. The van der Waals surface area contributed by atoms with E-state index < -0.39 is 5.97 Å². The summed E-state index contributed by atoms with van der Waals surface area (Å²) in [5.74, 6) is -0.536. The van der Waals surface area contributed by atoms with Crippen molar-refractivity contribution < 1.29 is 14.3 Å². The van der Waals surface area contributed by atoms with E-state index in [1.54, 1.807) is 13.8 Å². The number of benzene rings is 1. The van der Waals surface area contributed by atoms with Crippen LogP contribution >= 0.6 is 0 Å². The van der Waals surface area contributed by atoms with Crippen LogP contribution in [-0.4, -0.2) is 26.5 Å². The number of esters is 1. The Morgan fingerprint density at radius 3 is 2.30 bits per heavy atom. The number of Topliss-reactive ketones (excluding diaryl/α,β-unsaturated/α-hetero) is 1. The van der Waals surface area contributed by atoms with Crippen molar-refractivity contribution >= 4 is 11.8 Å². The number of hydrogen-bond donors (Lipinski definition) is 1. The Hall–Kier alpha value is -3.15. The number of ketones is 1. The number of aromatic amines is 1. The van der Waals surface area contributed by atoms with E-state index >= 15 is 0 Å². The van der Waals surface area contributed by atoms with E-state index in [0.717, 1.165) is 22.6 Å². The van der Waals surface area contributed by atoms with Gasteiger partial charge in [0.15, 0.2) is 5.78 Å². The average molecular weight is 365 g/mol. The van der Waals surface area contributed by atoms with Gasteiger partial charge in [0.2, 0.25) is 0 Å². The van der Waals surface area contributed by atoms with Crippen LogP contribution in [0.5, 0.6) is 0 Å². The molecule has 3 aromatic rings. The standard InChI is InChI=1S/C21H23N3O3/c1-12-10-13(2)24(23-12)18-8-6-17(7-9-18)11-27-21(26)20-14(3)19(16(5)25)15(4)22-20/h6-10,22H,11H2,1-5H3. The van der Waals surface area contributed by atoms with Crippen molar-refractivity contribution in [3.63, 3.8) is 0 Å². The van der Waals surface area contributed by atoms with Gasteiger partial charge in [-0.15, -0.1) is 0 Å². The maximum absolute atomic E-state index is 12.4. The molecule has 140 valence electrons. The topological polar surface area (TPSA) is 77.0 Å². The third-order valence-corrected chi connectivity index (χ3v) is 4.55. The summed E-state index contributed by atoms with van der Waals surface area (Å²) >= 11 is 0. The average Bonchev–Trinajstić information content (AvgIpc) is 3.11. The number of hydrogen-bond acceptors (Lipinski definition) is 4. The molecule has 0 unspecified atom stereocenters. The van der Waals surface area contributed by atoms with Crippen LogP contribution in [-0.2, 0) is 11.3 Å². The molecule has 0 amide bonds. The number of ether oxygens (including phenoxy) is 1. The summed E-state index contributed by atoms with van der Waals surface area (Å²) in [5.41, 5.74) is 6.05. The zero-order valence-corrected chi connectivity index (χ0v) is 16.2. The Balaban J connectivity index is 1.70. The molecule has 0 atom stereocenters. The van der Waals surface area contributed by atoms with Gasteiger partial charge >= 0.3 is 5.97 Å². The first kappa shape index (κ1) is 18.6. The number of aryl methyl sites for hydroxylation is 3. The van der Waals surface area contributed by atoms with Crippen LogP contribution in [0.15, 0.2) is 30.3 Å². The minimum Gasteiger partial charge on any atom is -0.456 e.